The van der Waals surface area contributed by atoms with E-state index in [1.807, 2.05) is 13.0 Å². The number of hydrogen-bond acceptors (Lipinski definition) is 3. The third kappa shape index (κ3) is 4.61. The number of aliphatic hydroxyl groups is 1. The van der Waals surface area contributed by atoms with Gasteiger partial charge in [-0.1, -0.05) is 30.5 Å². The SMILES string of the molecule is CCOc1cc(Cl)ccc1CNC(=O)CC1(O)CCCC1. The Morgan fingerprint density at radius 2 is 2.14 bits per heavy atom. The fourth-order valence-corrected chi connectivity index (χ4v) is 2.89. The molecular formula is C16H22ClNO3. The molecule has 5 heteroatoms. The fourth-order valence-electron chi connectivity index (χ4n) is 2.73. The summed E-state index contributed by atoms with van der Waals surface area (Å²) in [6.45, 7) is 2.82. The second kappa shape index (κ2) is 7.14. The molecule has 2 rings (SSSR count). The van der Waals surface area contributed by atoms with Crippen molar-refractivity contribution in [3.05, 3.63) is 28.8 Å². The van der Waals surface area contributed by atoms with E-state index in [4.69, 9.17) is 16.3 Å². The number of benzene rings is 1. The molecule has 116 valence electrons. The Morgan fingerprint density at radius 3 is 2.81 bits per heavy atom. The van der Waals surface area contributed by atoms with Crippen molar-refractivity contribution >= 4 is 17.5 Å². The fraction of sp³-hybridized carbons (Fsp3) is 0.562. The first kappa shape index (κ1) is 16.1. The number of ether oxygens (including phenoxy) is 1. The summed E-state index contributed by atoms with van der Waals surface area (Å²) in [5.74, 6) is 0.557. The van der Waals surface area contributed by atoms with Crippen LogP contribution in [0.2, 0.25) is 5.02 Å². The molecule has 1 aromatic carbocycles. The highest BCUT2D eigenvalue weighted by Crippen LogP contribution is 2.32. The minimum absolute atomic E-state index is 0.128. The lowest BCUT2D eigenvalue weighted by Crippen LogP contribution is -2.34. The van der Waals surface area contributed by atoms with Gasteiger partial charge in [-0.05, 0) is 31.9 Å². The summed E-state index contributed by atoms with van der Waals surface area (Å²) in [5.41, 5.74) is 0.0697. The Hall–Kier alpha value is -1.26. The molecule has 0 radical (unpaired) electrons. The number of rotatable bonds is 6. The molecule has 1 saturated carbocycles. The van der Waals surface area contributed by atoms with Crippen LogP contribution >= 0.6 is 11.6 Å². The number of carbonyl (C=O) groups excluding carboxylic acids is 1. The molecule has 1 aliphatic carbocycles. The van der Waals surface area contributed by atoms with E-state index in [0.717, 1.165) is 18.4 Å². The van der Waals surface area contributed by atoms with Gasteiger partial charge >= 0.3 is 0 Å². The van der Waals surface area contributed by atoms with E-state index in [1.54, 1.807) is 12.1 Å². The zero-order valence-electron chi connectivity index (χ0n) is 12.3. The standard InChI is InChI=1S/C16H22ClNO3/c1-2-21-14-9-13(17)6-5-12(14)11-18-15(19)10-16(20)7-3-4-8-16/h5-6,9,20H,2-4,7-8,10-11H2,1H3,(H,18,19). The Labute approximate surface area is 130 Å². The minimum atomic E-state index is -0.813. The van der Waals surface area contributed by atoms with E-state index in [9.17, 15) is 9.90 Å². The third-order valence-electron chi connectivity index (χ3n) is 3.83. The van der Waals surface area contributed by atoms with Gasteiger partial charge in [-0.15, -0.1) is 0 Å². The first-order valence-electron chi connectivity index (χ1n) is 7.43. The zero-order chi connectivity index (χ0) is 15.3. The lowest BCUT2D eigenvalue weighted by Gasteiger charge is -2.21. The molecule has 0 spiro atoms. The third-order valence-corrected chi connectivity index (χ3v) is 4.06. The molecule has 2 N–H and O–H groups in total. The lowest BCUT2D eigenvalue weighted by atomic mass is 9.97. The Kier molecular flexibility index (Phi) is 5.48. The molecule has 0 bridgehead atoms. The molecule has 4 nitrogen and oxygen atoms in total. The largest absolute Gasteiger partial charge is 0.493 e. The van der Waals surface area contributed by atoms with Crippen LogP contribution in [-0.2, 0) is 11.3 Å². The Balaban J connectivity index is 1.91. The van der Waals surface area contributed by atoms with Crippen LogP contribution in [0.25, 0.3) is 0 Å². The number of halogens is 1. The molecule has 0 unspecified atom stereocenters. The normalized spacial score (nSPS) is 16.7. The van der Waals surface area contributed by atoms with Gasteiger partial charge in [0.25, 0.3) is 0 Å². The van der Waals surface area contributed by atoms with E-state index in [-0.39, 0.29) is 12.3 Å². The Bertz CT molecular complexity index is 498. The van der Waals surface area contributed by atoms with Gasteiger partial charge in [-0.3, -0.25) is 4.79 Å². The summed E-state index contributed by atoms with van der Waals surface area (Å²) in [4.78, 5) is 12.0. The summed E-state index contributed by atoms with van der Waals surface area (Å²) >= 11 is 5.95. The van der Waals surface area contributed by atoms with Crippen LogP contribution in [0.15, 0.2) is 18.2 Å². The summed E-state index contributed by atoms with van der Waals surface area (Å²) in [6, 6.07) is 5.37. The maximum atomic E-state index is 12.0. The zero-order valence-corrected chi connectivity index (χ0v) is 13.1. The van der Waals surface area contributed by atoms with Crippen molar-refractivity contribution in [3.8, 4) is 5.75 Å². The van der Waals surface area contributed by atoms with Crippen molar-refractivity contribution in [3.63, 3.8) is 0 Å². The maximum Gasteiger partial charge on any atom is 0.223 e. The van der Waals surface area contributed by atoms with E-state index >= 15 is 0 Å². The van der Waals surface area contributed by atoms with Crippen LogP contribution in [0.4, 0.5) is 0 Å². The smallest absolute Gasteiger partial charge is 0.223 e. The van der Waals surface area contributed by atoms with Gasteiger partial charge in [-0.2, -0.15) is 0 Å². The Morgan fingerprint density at radius 1 is 1.43 bits per heavy atom. The average Bonchev–Trinajstić information content (AvgIpc) is 2.84. The van der Waals surface area contributed by atoms with Crippen LogP contribution < -0.4 is 10.1 Å². The predicted octanol–water partition coefficient (Wildman–Crippen LogP) is 3.05. The second-order valence-corrected chi connectivity index (χ2v) is 6.01. The molecule has 1 amide bonds. The predicted molar refractivity (Wildman–Crippen MR) is 82.5 cm³/mol. The van der Waals surface area contributed by atoms with Gasteiger partial charge in [-0.25, -0.2) is 0 Å². The monoisotopic (exact) mass is 311 g/mol. The number of amides is 1. The molecular weight excluding hydrogens is 290 g/mol. The molecule has 0 saturated heterocycles. The molecule has 0 aromatic heterocycles. The van der Waals surface area contributed by atoms with E-state index < -0.39 is 5.60 Å². The van der Waals surface area contributed by atoms with Crippen LogP contribution in [0.5, 0.6) is 5.75 Å². The van der Waals surface area contributed by atoms with Crippen molar-refractivity contribution in [2.24, 2.45) is 0 Å². The van der Waals surface area contributed by atoms with E-state index in [0.29, 0.717) is 36.8 Å². The van der Waals surface area contributed by atoms with Gasteiger partial charge in [0.1, 0.15) is 5.75 Å². The summed E-state index contributed by atoms with van der Waals surface area (Å²) < 4.78 is 5.52. The molecule has 0 aliphatic heterocycles. The lowest BCUT2D eigenvalue weighted by molar-refractivity contribution is -0.126. The minimum Gasteiger partial charge on any atom is -0.493 e. The van der Waals surface area contributed by atoms with Gasteiger partial charge in [0, 0.05) is 17.1 Å². The van der Waals surface area contributed by atoms with E-state index in [1.165, 1.54) is 0 Å². The van der Waals surface area contributed by atoms with Gasteiger partial charge < -0.3 is 15.2 Å². The molecule has 1 aromatic rings. The van der Waals surface area contributed by atoms with Crippen molar-refractivity contribution in [2.45, 2.75) is 51.2 Å². The van der Waals surface area contributed by atoms with Crippen molar-refractivity contribution < 1.29 is 14.6 Å². The number of hydrogen-bond donors (Lipinski definition) is 2. The highest BCUT2D eigenvalue weighted by molar-refractivity contribution is 6.30. The van der Waals surface area contributed by atoms with Gasteiger partial charge in [0.05, 0.1) is 18.6 Å². The summed E-state index contributed by atoms with van der Waals surface area (Å²) in [6.07, 6.45) is 3.59. The van der Waals surface area contributed by atoms with Crippen LogP contribution in [0.3, 0.4) is 0 Å². The highest BCUT2D eigenvalue weighted by Gasteiger charge is 2.33. The van der Waals surface area contributed by atoms with E-state index in [2.05, 4.69) is 5.32 Å². The van der Waals surface area contributed by atoms with Crippen molar-refractivity contribution in [1.29, 1.82) is 0 Å². The van der Waals surface area contributed by atoms with Crippen molar-refractivity contribution in [1.82, 2.24) is 5.32 Å². The van der Waals surface area contributed by atoms with Crippen molar-refractivity contribution in [2.75, 3.05) is 6.61 Å². The first-order chi connectivity index (χ1) is 10.0. The molecule has 0 atom stereocenters. The molecule has 0 heterocycles. The highest BCUT2D eigenvalue weighted by atomic mass is 35.5. The maximum absolute atomic E-state index is 12.0. The quantitative estimate of drug-likeness (QED) is 0.849. The van der Waals surface area contributed by atoms with Crippen LogP contribution in [0, 0.1) is 0 Å². The average molecular weight is 312 g/mol. The molecule has 1 aliphatic rings. The molecule has 21 heavy (non-hydrogen) atoms. The summed E-state index contributed by atoms with van der Waals surface area (Å²) in [5, 5.41) is 13.7. The van der Waals surface area contributed by atoms with Gasteiger partial charge in [0.2, 0.25) is 5.91 Å². The summed E-state index contributed by atoms with van der Waals surface area (Å²) in [7, 11) is 0. The topological polar surface area (TPSA) is 58.6 Å². The first-order valence-corrected chi connectivity index (χ1v) is 7.80. The second-order valence-electron chi connectivity index (χ2n) is 5.57. The molecule has 1 fully saturated rings. The van der Waals surface area contributed by atoms with Crippen LogP contribution in [0.1, 0.15) is 44.6 Å². The van der Waals surface area contributed by atoms with Gasteiger partial charge in [0.15, 0.2) is 0 Å². The number of carbonyl (C=O) groups is 1. The van der Waals surface area contributed by atoms with Crippen LogP contribution in [-0.4, -0.2) is 23.2 Å². The number of nitrogens with one attached hydrogen (secondary N) is 1.